The number of aromatic nitrogens is 1. The molecule has 0 radical (unpaired) electrons. The molecule has 5 aromatic rings. The highest BCUT2D eigenvalue weighted by Crippen LogP contribution is 2.43. The summed E-state index contributed by atoms with van der Waals surface area (Å²) < 4.78 is 16.2. The van der Waals surface area contributed by atoms with Crippen LogP contribution in [0.2, 0.25) is 0 Å². The van der Waals surface area contributed by atoms with Crippen LogP contribution in [0.3, 0.4) is 0 Å². The molecule has 178 valence electrons. The molecule has 0 amide bonds. The molecular formula is C28H20FN3O4. The summed E-state index contributed by atoms with van der Waals surface area (Å²) in [5, 5.41) is 40.1. The van der Waals surface area contributed by atoms with Crippen LogP contribution in [0, 0.1) is 12.7 Å². The number of carboxylic acids is 1. The lowest BCUT2D eigenvalue weighted by atomic mass is 10.0. The molecule has 1 aromatic heterocycles. The van der Waals surface area contributed by atoms with E-state index in [1.807, 2.05) is 0 Å². The summed E-state index contributed by atoms with van der Waals surface area (Å²) in [6.07, 6.45) is 0. The lowest BCUT2D eigenvalue weighted by Crippen LogP contribution is -1.97. The first kappa shape index (κ1) is 22.8. The van der Waals surface area contributed by atoms with Crippen molar-refractivity contribution in [1.82, 2.24) is 4.57 Å². The zero-order valence-electron chi connectivity index (χ0n) is 19.1. The van der Waals surface area contributed by atoms with Crippen molar-refractivity contribution in [2.24, 2.45) is 10.2 Å². The third-order valence-corrected chi connectivity index (χ3v) is 5.86. The van der Waals surface area contributed by atoms with E-state index in [9.17, 15) is 24.5 Å². The number of nitrogens with zero attached hydrogens (tertiary/aromatic N) is 3. The Balaban J connectivity index is 1.61. The molecular weight excluding hydrogens is 461 g/mol. The molecule has 0 atom stereocenters. The Morgan fingerprint density at radius 1 is 0.889 bits per heavy atom. The Morgan fingerprint density at radius 3 is 2.44 bits per heavy atom. The number of rotatable bonds is 5. The fourth-order valence-electron chi connectivity index (χ4n) is 4.11. The van der Waals surface area contributed by atoms with Crippen LogP contribution in [-0.4, -0.2) is 25.9 Å². The van der Waals surface area contributed by atoms with Gasteiger partial charge in [0.1, 0.15) is 11.5 Å². The second-order valence-electron chi connectivity index (χ2n) is 8.24. The number of azo groups is 1. The molecule has 0 spiro atoms. The van der Waals surface area contributed by atoms with E-state index in [4.69, 9.17) is 0 Å². The van der Waals surface area contributed by atoms with Crippen LogP contribution < -0.4 is 0 Å². The fourth-order valence-corrected chi connectivity index (χ4v) is 4.11. The first-order chi connectivity index (χ1) is 17.3. The highest BCUT2D eigenvalue weighted by molar-refractivity contribution is 5.96. The number of fused-ring (bicyclic) bond motifs is 1. The Bertz CT molecular complexity index is 1670. The Morgan fingerprint density at radius 2 is 1.67 bits per heavy atom. The molecule has 0 unspecified atom stereocenters. The summed E-state index contributed by atoms with van der Waals surface area (Å²) in [6.45, 7) is 1.78. The topological polar surface area (TPSA) is 107 Å². The molecule has 0 saturated carbocycles. The first-order valence-corrected chi connectivity index (χ1v) is 11.0. The lowest BCUT2D eigenvalue weighted by Gasteiger charge is -2.09. The molecule has 36 heavy (non-hydrogen) atoms. The van der Waals surface area contributed by atoms with Gasteiger partial charge in [-0.25, -0.2) is 9.18 Å². The van der Waals surface area contributed by atoms with Crippen LogP contribution in [-0.2, 0) is 0 Å². The predicted octanol–water partition coefficient (Wildman–Crippen LogP) is 7.27. The number of aromatic carboxylic acids is 1. The number of carboxylic acid groups (broad SMARTS) is 1. The van der Waals surface area contributed by atoms with Crippen molar-refractivity contribution in [1.29, 1.82) is 0 Å². The number of phenolic OH excluding ortho intramolecular Hbond substituents is 1. The molecule has 7 nitrogen and oxygen atoms in total. The van der Waals surface area contributed by atoms with E-state index in [0.717, 1.165) is 5.56 Å². The van der Waals surface area contributed by atoms with Crippen molar-refractivity contribution in [3.63, 3.8) is 0 Å². The highest BCUT2D eigenvalue weighted by Gasteiger charge is 2.20. The van der Waals surface area contributed by atoms with Crippen LogP contribution in [0.4, 0.5) is 15.8 Å². The maximum Gasteiger partial charge on any atom is 0.335 e. The molecule has 4 aromatic carbocycles. The van der Waals surface area contributed by atoms with E-state index < -0.39 is 11.8 Å². The summed E-state index contributed by atoms with van der Waals surface area (Å²) in [6, 6.07) is 22.7. The molecule has 5 rings (SSSR count). The normalized spacial score (nSPS) is 11.4. The van der Waals surface area contributed by atoms with Crippen LogP contribution in [0.1, 0.15) is 15.9 Å². The van der Waals surface area contributed by atoms with Crippen LogP contribution >= 0.6 is 0 Å². The molecule has 0 aliphatic carbocycles. The molecule has 0 aliphatic heterocycles. The maximum atomic E-state index is 14.8. The quantitative estimate of drug-likeness (QED) is 0.229. The average Bonchev–Trinajstić information content (AvgIpc) is 3.14. The van der Waals surface area contributed by atoms with Crippen molar-refractivity contribution >= 4 is 28.2 Å². The molecule has 3 N–H and O–H groups in total. The van der Waals surface area contributed by atoms with Crippen molar-refractivity contribution in [3.8, 4) is 28.4 Å². The Labute approximate surface area is 205 Å². The average molecular weight is 481 g/mol. The van der Waals surface area contributed by atoms with Crippen LogP contribution in [0.5, 0.6) is 11.6 Å². The number of carbonyl (C=O) groups is 1. The van der Waals surface area contributed by atoms with E-state index in [0.29, 0.717) is 22.0 Å². The zero-order chi connectivity index (χ0) is 25.4. The maximum absolute atomic E-state index is 14.8. The summed E-state index contributed by atoms with van der Waals surface area (Å²) in [5.74, 6) is -2.07. The smallest absolute Gasteiger partial charge is 0.335 e. The highest BCUT2D eigenvalue weighted by atomic mass is 19.1. The molecule has 0 fully saturated rings. The van der Waals surface area contributed by atoms with Gasteiger partial charge in [-0.2, -0.15) is 0 Å². The number of aryl methyl sites for hydroxylation is 1. The fraction of sp³-hybridized carbons (Fsp3) is 0.0357. The molecule has 8 heteroatoms. The molecule has 0 saturated heterocycles. The van der Waals surface area contributed by atoms with Gasteiger partial charge >= 0.3 is 5.97 Å². The monoisotopic (exact) mass is 481 g/mol. The molecule has 0 aliphatic rings. The summed E-state index contributed by atoms with van der Waals surface area (Å²) in [5.41, 5.74) is 2.64. The predicted molar refractivity (Wildman–Crippen MR) is 134 cm³/mol. The van der Waals surface area contributed by atoms with Crippen molar-refractivity contribution in [3.05, 3.63) is 102 Å². The van der Waals surface area contributed by atoms with Gasteiger partial charge in [0, 0.05) is 10.9 Å². The van der Waals surface area contributed by atoms with Gasteiger partial charge in [0.2, 0.25) is 5.88 Å². The van der Waals surface area contributed by atoms with E-state index in [1.54, 1.807) is 73.7 Å². The van der Waals surface area contributed by atoms with E-state index in [2.05, 4.69) is 10.2 Å². The van der Waals surface area contributed by atoms with Gasteiger partial charge < -0.3 is 15.3 Å². The number of halogens is 1. The second-order valence-corrected chi connectivity index (χ2v) is 8.24. The van der Waals surface area contributed by atoms with Crippen LogP contribution in [0.15, 0.2) is 95.2 Å². The number of hydrogen-bond donors (Lipinski definition) is 3. The minimum absolute atomic E-state index is 0.0833. The van der Waals surface area contributed by atoms with Crippen molar-refractivity contribution in [2.75, 3.05) is 0 Å². The van der Waals surface area contributed by atoms with Crippen molar-refractivity contribution in [2.45, 2.75) is 6.92 Å². The molecule has 1 heterocycles. The Hall–Kier alpha value is -4.98. The SMILES string of the molecule is Cc1ccc(-n2c(O)c(N=Nc3cccc(-c4cccc(C(=O)O)c4)c3O)c3ccccc32)c(F)c1. The lowest BCUT2D eigenvalue weighted by molar-refractivity contribution is 0.0697. The van der Waals surface area contributed by atoms with E-state index >= 15 is 0 Å². The number of para-hydroxylation sites is 2. The zero-order valence-corrected chi connectivity index (χ0v) is 19.1. The number of phenols is 1. The molecule has 0 bridgehead atoms. The third kappa shape index (κ3) is 3.94. The number of benzene rings is 4. The minimum atomic E-state index is -1.08. The van der Waals surface area contributed by atoms with E-state index in [1.165, 1.54) is 22.8 Å². The third-order valence-electron chi connectivity index (χ3n) is 5.86. The van der Waals surface area contributed by atoms with Gasteiger partial charge in [0.05, 0.1) is 16.8 Å². The minimum Gasteiger partial charge on any atom is -0.505 e. The summed E-state index contributed by atoms with van der Waals surface area (Å²) in [4.78, 5) is 11.3. The first-order valence-electron chi connectivity index (χ1n) is 11.0. The standard InChI is InChI=1S/C28H20FN3O4/c1-16-12-13-24(21(29)14-16)32-23-11-3-2-8-20(23)25(27(32)34)31-30-22-10-5-9-19(26(22)33)17-6-4-7-18(15-17)28(35)36/h2-15,33-34H,1H3,(H,35,36). The largest absolute Gasteiger partial charge is 0.505 e. The van der Waals surface area contributed by atoms with Gasteiger partial charge in [-0.1, -0.05) is 48.5 Å². The van der Waals surface area contributed by atoms with Gasteiger partial charge in [-0.3, -0.25) is 4.57 Å². The summed E-state index contributed by atoms with van der Waals surface area (Å²) >= 11 is 0. The Kier molecular flexibility index (Phi) is 5.69. The number of hydrogen-bond acceptors (Lipinski definition) is 5. The second kappa shape index (κ2) is 8.99. The van der Waals surface area contributed by atoms with Gasteiger partial charge in [-0.05, 0) is 54.4 Å². The number of aromatic hydroxyl groups is 2. The van der Waals surface area contributed by atoms with Crippen LogP contribution in [0.25, 0.3) is 27.7 Å². The van der Waals surface area contributed by atoms with Gasteiger partial charge in [-0.15, -0.1) is 10.2 Å². The van der Waals surface area contributed by atoms with E-state index in [-0.39, 0.29) is 34.3 Å². The van der Waals surface area contributed by atoms with Crippen molar-refractivity contribution < 1.29 is 24.5 Å². The summed E-state index contributed by atoms with van der Waals surface area (Å²) in [7, 11) is 0. The van der Waals surface area contributed by atoms with Gasteiger partial charge in [0.25, 0.3) is 0 Å². The van der Waals surface area contributed by atoms with Gasteiger partial charge in [0.15, 0.2) is 11.4 Å².